The molecular formula is C15H21N3O. The van der Waals surface area contributed by atoms with E-state index in [1.807, 2.05) is 0 Å². The lowest BCUT2D eigenvalue weighted by atomic mass is 9.99. The van der Waals surface area contributed by atoms with Gasteiger partial charge in [-0.1, -0.05) is 6.07 Å². The number of carbonyl (C=O) groups is 1. The summed E-state index contributed by atoms with van der Waals surface area (Å²) in [5, 5.41) is 0. The van der Waals surface area contributed by atoms with Crippen LogP contribution in [0.15, 0.2) is 18.2 Å². The van der Waals surface area contributed by atoms with Crippen LogP contribution in [0.25, 0.3) is 0 Å². The molecule has 0 aromatic heterocycles. The fraction of sp³-hybridized carbons (Fsp3) is 0.533. The maximum atomic E-state index is 11.2. The van der Waals surface area contributed by atoms with Crippen LogP contribution in [-0.4, -0.2) is 37.5 Å². The number of primary amides is 1. The predicted octanol–water partition coefficient (Wildman–Crippen LogP) is 0.986. The van der Waals surface area contributed by atoms with E-state index >= 15 is 0 Å². The van der Waals surface area contributed by atoms with E-state index in [1.165, 1.54) is 16.8 Å². The summed E-state index contributed by atoms with van der Waals surface area (Å²) in [7, 11) is 2.16. The summed E-state index contributed by atoms with van der Waals surface area (Å²) >= 11 is 0. The molecule has 1 saturated heterocycles. The first-order valence-corrected chi connectivity index (χ1v) is 6.98. The van der Waals surface area contributed by atoms with Crippen molar-refractivity contribution in [2.45, 2.75) is 19.4 Å². The summed E-state index contributed by atoms with van der Waals surface area (Å²) in [5.74, 6) is -0.154. The first-order chi connectivity index (χ1) is 9.13. The lowest BCUT2D eigenvalue weighted by Crippen LogP contribution is -2.28. The van der Waals surface area contributed by atoms with E-state index in [4.69, 9.17) is 5.73 Å². The number of benzene rings is 1. The topological polar surface area (TPSA) is 49.6 Å². The van der Waals surface area contributed by atoms with Crippen LogP contribution in [0.5, 0.6) is 0 Å². The number of fused-ring (bicyclic) bond motifs is 1. The molecule has 2 aliphatic rings. The molecule has 1 fully saturated rings. The van der Waals surface area contributed by atoms with E-state index in [1.54, 1.807) is 0 Å². The molecule has 1 aromatic carbocycles. The van der Waals surface area contributed by atoms with Crippen LogP contribution in [0.2, 0.25) is 0 Å². The standard InChI is InChI=1S/C15H21N3O/c1-17-6-4-11-2-3-14(8-13(11)9-17)18-7-5-12(10-18)15(16)19/h2-3,8,12H,4-7,9-10H2,1H3,(H2,16,19)/t12-/m1/s1. The van der Waals surface area contributed by atoms with Gasteiger partial charge in [0.15, 0.2) is 0 Å². The Kier molecular flexibility index (Phi) is 3.19. The van der Waals surface area contributed by atoms with Crippen molar-refractivity contribution >= 4 is 11.6 Å². The molecule has 4 heteroatoms. The minimum atomic E-state index is -0.166. The smallest absolute Gasteiger partial charge is 0.222 e. The van der Waals surface area contributed by atoms with Gasteiger partial charge in [-0.2, -0.15) is 0 Å². The molecule has 0 spiro atoms. The van der Waals surface area contributed by atoms with Gasteiger partial charge in [0.05, 0.1) is 5.92 Å². The van der Waals surface area contributed by atoms with Crippen LogP contribution >= 0.6 is 0 Å². The quantitative estimate of drug-likeness (QED) is 0.861. The van der Waals surface area contributed by atoms with Gasteiger partial charge >= 0.3 is 0 Å². The molecule has 1 aromatic rings. The molecule has 0 aliphatic carbocycles. The summed E-state index contributed by atoms with van der Waals surface area (Å²) in [6, 6.07) is 6.72. The minimum Gasteiger partial charge on any atom is -0.371 e. The van der Waals surface area contributed by atoms with Crippen molar-refractivity contribution in [1.82, 2.24) is 4.90 Å². The van der Waals surface area contributed by atoms with Crippen molar-refractivity contribution in [3.05, 3.63) is 29.3 Å². The highest BCUT2D eigenvalue weighted by Gasteiger charge is 2.27. The minimum absolute atomic E-state index is 0.0127. The second-order valence-corrected chi connectivity index (χ2v) is 5.77. The zero-order chi connectivity index (χ0) is 13.4. The van der Waals surface area contributed by atoms with Crippen molar-refractivity contribution in [1.29, 1.82) is 0 Å². The maximum Gasteiger partial charge on any atom is 0.222 e. The number of hydrogen-bond donors (Lipinski definition) is 1. The zero-order valence-electron chi connectivity index (χ0n) is 11.4. The van der Waals surface area contributed by atoms with Gasteiger partial charge in [-0.3, -0.25) is 4.79 Å². The van der Waals surface area contributed by atoms with Gasteiger partial charge in [0, 0.05) is 31.9 Å². The second-order valence-electron chi connectivity index (χ2n) is 5.77. The second kappa shape index (κ2) is 4.85. The predicted molar refractivity (Wildman–Crippen MR) is 76.0 cm³/mol. The number of hydrogen-bond acceptors (Lipinski definition) is 3. The van der Waals surface area contributed by atoms with Crippen LogP contribution < -0.4 is 10.6 Å². The summed E-state index contributed by atoms with van der Waals surface area (Å²) in [6.45, 7) is 3.86. The molecule has 4 nitrogen and oxygen atoms in total. The van der Waals surface area contributed by atoms with Gasteiger partial charge in [0.25, 0.3) is 0 Å². The lowest BCUT2D eigenvalue weighted by molar-refractivity contribution is -0.121. The number of nitrogens with zero attached hydrogens (tertiary/aromatic N) is 2. The number of carbonyl (C=O) groups excluding carboxylic acids is 1. The van der Waals surface area contributed by atoms with Gasteiger partial charge in [0.2, 0.25) is 5.91 Å². The Morgan fingerprint density at radius 2 is 2.16 bits per heavy atom. The van der Waals surface area contributed by atoms with Crippen molar-refractivity contribution in [2.24, 2.45) is 11.7 Å². The number of anilines is 1. The van der Waals surface area contributed by atoms with Crippen LogP contribution in [0.1, 0.15) is 17.5 Å². The van der Waals surface area contributed by atoms with E-state index in [0.717, 1.165) is 39.0 Å². The summed E-state index contributed by atoms with van der Waals surface area (Å²) in [6.07, 6.45) is 2.02. The van der Waals surface area contributed by atoms with Gasteiger partial charge in [-0.15, -0.1) is 0 Å². The highest BCUT2D eigenvalue weighted by Crippen LogP contribution is 2.28. The third kappa shape index (κ3) is 2.45. The van der Waals surface area contributed by atoms with Crippen LogP contribution in [0.4, 0.5) is 5.69 Å². The maximum absolute atomic E-state index is 11.2. The first kappa shape index (κ1) is 12.5. The largest absolute Gasteiger partial charge is 0.371 e. The molecular weight excluding hydrogens is 238 g/mol. The molecule has 1 atom stereocenters. The summed E-state index contributed by atoms with van der Waals surface area (Å²) in [4.78, 5) is 15.9. The highest BCUT2D eigenvalue weighted by molar-refractivity contribution is 5.78. The SMILES string of the molecule is CN1CCc2ccc(N3CC[C@@H](C(N)=O)C3)cc2C1. The lowest BCUT2D eigenvalue weighted by Gasteiger charge is -2.27. The Labute approximate surface area is 114 Å². The number of likely N-dealkylation sites (N-methyl/N-ethyl adjacent to an activating group) is 1. The fourth-order valence-corrected chi connectivity index (χ4v) is 3.11. The Morgan fingerprint density at radius 1 is 1.32 bits per heavy atom. The highest BCUT2D eigenvalue weighted by atomic mass is 16.1. The normalized spacial score (nSPS) is 23.4. The molecule has 0 bridgehead atoms. The van der Waals surface area contributed by atoms with E-state index in [2.05, 4.69) is 35.0 Å². The van der Waals surface area contributed by atoms with Crippen molar-refractivity contribution in [3.8, 4) is 0 Å². The molecule has 2 heterocycles. The summed E-state index contributed by atoms with van der Waals surface area (Å²) in [5.41, 5.74) is 9.52. The monoisotopic (exact) mass is 259 g/mol. The average molecular weight is 259 g/mol. The zero-order valence-corrected chi connectivity index (χ0v) is 11.4. The number of rotatable bonds is 2. The summed E-state index contributed by atoms with van der Waals surface area (Å²) < 4.78 is 0. The van der Waals surface area contributed by atoms with E-state index < -0.39 is 0 Å². The molecule has 0 unspecified atom stereocenters. The van der Waals surface area contributed by atoms with Crippen molar-refractivity contribution in [2.75, 3.05) is 31.6 Å². The van der Waals surface area contributed by atoms with Gasteiger partial charge in [0.1, 0.15) is 0 Å². The van der Waals surface area contributed by atoms with E-state index in [9.17, 15) is 4.79 Å². The number of nitrogens with two attached hydrogens (primary N) is 1. The molecule has 1 amide bonds. The van der Waals surface area contributed by atoms with E-state index in [-0.39, 0.29) is 11.8 Å². The Morgan fingerprint density at radius 3 is 2.89 bits per heavy atom. The number of amides is 1. The third-order valence-electron chi connectivity index (χ3n) is 4.35. The van der Waals surface area contributed by atoms with Crippen molar-refractivity contribution < 1.29 is 4.79 Å². The Bertz CT molecular complexity index is 500. The fourth-order valence-electron chi connectivity index (χ4n) is 3.11. The molecule has 102 valence electrons. The molecule has 2 N–H and O–H groups in total. The Hall–Kier alpha value is -1.55. The Balaban J connectivity index is 1.79. The average Bonchev–Trinajstić information content (AvgIpc) is 2.87. The molecule has 0 radical (unpaired) electrons. The van der Waals surface area contributed by atoms with Crippen LogP contribution in [0, 0.1) is 5.92 Å². The van der Waals surface area contributed by atoms with E-state index in [0.29, 0.717) is 0 Å². The molecule has 3 rings (SSSR count). The molecule has 19 heavy (non-hydrogen) atoms. The van der Waals surface area contributed by atoms with Crippen LogP contribution in [0.3, 0.4) is 0 Å². The van der Waals surface area contributed by atoms with Gasteiger partial charge in [-0.25, -0.2) is 0 Å². The third-order valence-corrected chi connectivity index (χ3v) is 4.35. The van der Waals surface area contributed by atoms with Gasteiger partial charge in [-0.05, 0) is 43.1 Å². The first-order valence-electron chi connectivity index (χ1n) is 6.98. The van der Waals surface area contributed by atoms with Crippen molar-refractivity contribution in [3.63, 3.8) is 0 Å². The molecule has 2 aliphatic heterocycles. The molecule has 0 saturated carbocycles. The van der Waals surface area contributed by atoms with Gasteiger partial charge < -0.3 is 15.5 Å². The van der Waals surface area contributed by atoms with Crippen LogP contribution in [-0.2, 0) is 17.8 Å².